The number of piperidine rings is 1. The van der Waals surface area contributed by atoms with Crippen molar-refractivity contribution in [3.05, 3.63) is 45.3 Å². The number of aliphatic carboxylic acids is 1. The summed E-state index contributed by atoms with van der Waals surface area (Å²) in [5.41, 5.74) is 1.80. The van der Waals surface area contributed by atoms with Crippen LogP contribution in [-0.4, -0.2) is 71.7 Å². The van der Waals surface area contributed by atoms with Gasteiger partial charge in [0.15, 0.2) is 5.60 Å². The van der Waals surface area contributed by atoms with Gasteiger partial charge >= 0.3 is 5.97 Å². The molecule has 0 aromatic heterocycles. The van der Waals surface area contributed by atoms with Crippen molar-refractivity contribution in [2.45, 2.75) is 52.2 Å². The average molecular weight is 652 g/mol. The first-order valence-corrected chi connectivity index (χ1v) is 14.6. The van der Waals surface area contributed by atoms with E-state index in [4.69, 9.17) is 14.3 Å². The van der Waals surface area contributed by atoms with Crippen LogP contribution in [0.25, 0.3) is 11.1 Å². The summed E-state index contributed by atoms with van der Waals surface area (Å²) in [7, 11) is 0. The van der Waals surface area contributed by atoms with Crippen LogP contribution in [0.1, 0.15) is 45.6 Å². The number of carbonyl (C=O) groups is 1. The molecule has 3 aliphatic heterocycles. The summed E-state index contributed by atoms with van der Waals surface area (Å²) in [6, 6.07) is 8.48. The molecule has 0 radical (unpaired) electrons. The van der Waals surface area contributed by atoms with E-state index in [1.807, 2.05) is 20.8 Å². The molecular weight excluding hydrogens is 616 g/mol. The number of amidine groups is 1. The van der Waals surface area contributed by atoms with E-state index >= 15 is 0 Å². The molecule has 3 heterocycles. The molecule has 2 aromatic carbocycles. The zero-order valence-electron chi connectivity index (χ0n) is 22.6. The van der Waals surface area contributed by atoms with E-state index < -0.39 is 11.4 Å². The van der Waals surface area contributed by atoms with Gasteiger partial charge < -0.3 is 24.3 Å². The van der Waals surface area contributed by atoms with Gasteiger partial charge in [0.1, 0.15) is 23.2 Å². The lowest BCUT2D eigenvalue weighted by Crippen LogP contribution is -2.61. The number of hydrogen-bond acceptors (Lipinski definition) is 7. The highest BCUT2D eigenvalue weighted by molar-refractivity contribution is 14.1. The summed E-state index contributed by atoms with van der Waals surface area (Å²) in [6.45, 7) is 10.3. The summed E-state index contributed by atoms with van der Waals surface area (Å²) in [5.74, 6) is 1.39. The molecule has 10 heteroatoms. The summed E-state index contributed by atoms with van der Waals surface area (Å²) < 4.78 is 26.8. The molecule has 210 valence electrons. The predicted molar refractivity (Wildman–Crippen MR) is 155 cm³/mol. The largest absolute Gasteiger partial charge is 0.493 e. The summed E-state index contributed by atoms with van der Waals surface area (Å²) >= 11 is 2.34. The van der Waals surface area contributed by atoms with Gasteiger partial charge in [0.25, 0.3) is 0 Å². The zero-order chi connectivity index (χ0) is 27.8. The highest BCUT2D eigenvalue weighted by Gasteiger charge is 2.51. The number of carboxylic acids is 1. The van der Waals surface area contributed by atoms with Crippen LogP contribution in [0.2, 0.25) is 0 Å². The van der Waals surface area contributed by atoms with E-state index in [0.29, 0.717) is 45.7 Å². The quantitative estimate of drug-likeness (QED) is 0.385. The minimum absolute atomic E-state index is 0.284. The standard InChI is InChI=1S/C29H35FIN3O5/c1-4-37-22-14-20(25(31)26(38-5-2)24(22)19-6-8-21(30)9-7-19)16-33-17-29(18-33)15-23(32-39-29)34-12-10-28(3,11-13-34)27(35)36/h6-9,14H,4-5,10-13,15-18H2,1-3H3,(H,35,36). The lowest BCUT2D eigenvalue weighted by atomic mass is 9.80. The molecule has 0 aliphatic carbocycles. The number of carboxylic acid groups (broad SMARTS) is 1. The number of ether oxygens (including phenoxy) is 2. The van der Waals surface area contributed by atoms with E-state index in [-0.39, 0.29) is 11.4 Å². The van der Waals surface area contributed by atoms with Crippen molar-refractivity contribution < 1.29 is 28.6 Å². The van der Waals surface area contributed by atoms with Crippen LogP contribution in [0.4, 0.5) is 4.39 Å². The van der Waals surface area contributed by atoms with Crippen LogP contribution in [0.3, 0.4) is 0 Å². The first kappa shape index (κ1) is 27.9. The van der Waals surface area contributed by atoms with Crippen molar-refractivity contribution in [2.75, 3.05) is 39.4 Å². The van der Waals surface area contributed by atoms with Gasteiger partial charge in [0.05, 0.1) is 34.2 Å². The van der Waals surface area contributed by atoms with E-state index in [1.165, 1.54) is 12.1 Å². The zero-order valence-corrected chi connectivity index (χ0v) is 24.8. The molecule has 5 rings (SSSR count). The van der Waals surface area contributed by atoms with Crippen molar-refractivity contribution in [2.24, 2.45) is 10.6 Å². The van der Waals surface area contributed by atoms with Gasteiger partial charge in [-0.3, -0.25) is 9.69 Å². The second-order valence-corrected chi connectivity index (χ2v) is 12.0. The van der Waals surface area contributed by atoms with Crippen molar-refractivity contribution >= 4 is 34.4 Å². The second-order valence-electron chi connectivity index (χ2n) is 10.9. The topological polar surface area (TPSA) is 83.8 Å². The van der Waals surface area contributed by atoms with E-state index in [2.05, 4.69) is 43.6 Å². The Morgan fingerprint density at radius 2 is 1.82 bits per heavy atom. The third kappa shape index (κ3) is 5.54. The van der Waals surface area contributed by atoms with Crippen LogP contribution in [-0.2, 0) is 16.2 Å². The van der Waals surface area contributed by atoms with Gasteiger partial charge in [-0.1, -0.05) is 17.3 Å². The predicted octanol–water partition coefficient (Wildman–Crippen LogP) is 5.37. The third-order valence-electron chi connectivity index (χ3n) is 7.97. The molecule has 0 saturated carbocycles. The monoisotopic (exact) mass is 651 g/mol. The number of rotatable bonds is 8. The van der Waals surface area contributed by atoms with Crippen molar-refractivity contribution in [3.63, 3.8) is 0 Å². The van der Waals surface area contributed by atoms with Gasteiger partial charge in [-0.15, -0.1) is 0 Å². The maximum absolute atomic E-state index is 13.6. The van der Waals surface area contributed by atoms with Crippen molar-refractivity contribution in [1.82, 2.24) is 9.80 Å². The number of nitrogens with zero attached hydrogens (tertiary/aromatic N) is 3. The Morgan fingerprint density at radius 1 is 1.15 bits per heavy atom. The molecule has 1 spiro atoms. The average Bonchev–Trinajstić information content (AvgIpc) is 3.33. The molecular formula is C29H35FIN3O5. The molecule has 2 fully saturated rings. The fourth-order valence-corrected chi connectivity index (χ4v) is 6.40. The van der Waals surface area contributed by atoms with Crippen LogP contribution >= 0.6 is 22.6 Å². The van der Waals surface area contributed by atoms with Crippen LogP contribution < -0.4 is 9.47 Å². The normalized spacial score (nSPS) is 19.8. The van der Waals surface area contributed by atoms with Crippen LogP contribution in [0, 0.1) is 14.8 Å². The minimum atomic E-state index is -0.724. The molecule has 0 unspecified atom stereocenters. The SMILES string of the molecule is CCOc1cc(CN2CC3(CC(N4CCC(C)(C(=O)O)CC4)=NO3)C2)c(I)c(OCC)c1-c1ccc(F)cc1. The molecule has 39 heavy (non-hydrogen) atoms. The molecule has 2 aromatic rings. The first-order valence-electron chi connectivity index (χ1n) is 13.5. The van der Waals surface area contributed by atoms with E-state index in [9.17, 15) is 14.3 Å². The molecule has 1 N–H and O–H groups in total. The molecule has 2 saturated heterocycles. The molecule has 3 aliphatic rings. The van der Waals surface area contributed by atoms with Crippen molar-refractivity contribution in [1.29, 1.82) is 0 Å². The Morgan fingerprint density at radius 3 is 2.44 bits per heavy atom. The smallest absolute Gasteiger partial charge is 0.309 e. The Kier molecular flexibility index (Phi) is 7.96. The molecule has 0 bridgehead atoms. The highest BCUT2D eigenvalue weighted by Crippen LogP contribution is 2.45. The third-order valence-corrected chi connectivity index (χ3v) is 9.15. The maximum atomic E-state index is 13.6. The fraction of sp³-hybridized carbons (Fsp3) is 0.517. The number of halogens is 2. The first-order chi connectivity index (χ1) is 18.7. The number of likely N-dealkylation sites (tertiary alicyclic amines) is 2. The van der Waals surface area contributed by atoms with Gasteiger partial charge in [-0.05, 0) is 85.5 Å². The van der Waals surface area contributed by atoms with Gasteiger partial charge in [0.2, 0.25) is 0 Å². The van der Waals surface area contributed by atoms with Gasteiger partial charge in [-0.25, -0.2) is 4.39 Å². The summed E-state index contributed by atoms with van der Waals surface area (Å²) in [6.07, 6.45) is 1.95. The van der Waals surface area contributed by atoms with Gasteiger partial charge in [-0.2, -0.15) is 0 Å². The molecule has 8 nitrogen and oxygen atoms in total. The van der Waals surface area contributed by atoms with Crippen molar-refractivity contribution in [3.8, 4) is 22.6 Å². The number of hydrogen-bond donors (Lipinski definition) is 1. The number of oxime groups is 1. The number of benzene rings is 2. The highest BCUT2D eigenvalue weighted by atomic mass is 127. The fourth-order valence-electron chi connectivity index (χ4n) is 5.65. The maximum Gasteiger partial charge on any atom is 0.309 e. The lowest BCUT2D eigenvalue weighted by Gasteiger charge is -2.46. The van der Waals surface area contributed by atoms with Crippen LogP contribution in [0.15, 0.2) is 35.5 Å². The second kappa shape index (κ2) is 11.1. The molecule has 0 atom stereocenters. The van der Waals surface area contributed by atoms with Gasteiger partial charge in [0, 0.05) is 32.7 Å². The van der Waals surface area contributed by atoms with Crippen LogP contribution in [0.5, 0.6) is 11.5 Å². The summed E-state index contributed by atoms with van der Waals surface area (Å²) in [4.78, 5) is 22.1. The Bertz CT molecular complexity index is 1250. The van der Waals surface area contributed by atoms with E-state index in [0.717, 1.165) is 57.1 Å². The Balaban J connectivity index is 1.28. The minimum Gasteiger partial charge on any atom is -0.493 e. The Labute approximate surface area is 242 Å². The lowest BCUT2D eigenvalue weighted by molar-refractivity contribution is -0.150. The summed E-state index contributed by atoms with van der Waals surface area (Å²) in [5, 5.41) is 13.9. The van der Waals surface area contributed by atoms with E-state index in [1.54, 1.807) is 12.1 Å². The Hall–Kier alpha value is -2.60. The molecule has 0 amide bonds.